The van der Waals surface area contributed by atoms with Gasteiger partial charge < -0.3 is 9.47 Å². The topological polar surface area (TPSA) is 18.5 Å². The second-order valence-electron chi connectivity index (χ2n) is 4.51. The van der Waals surface area contributed by atoms with Gasteiger partial charge in [-0.3, -0.25) is 0 Å². The van der Waals surface area contributed by atoms with Crippen LogP contribution in [-0.2, 0) is 9.47 Å². The number of ether oxygens (including phenoxy) is 2. The summed E-state index contributed by atoms with van der Waals surface area (Å²) in [6, 6.07) is 0. The Hall–Kier alpha value is -0.0800. The zero-order chi connectivity index (χ0) is 9.35. The molecule has 1 heterocycles. The average Bonchev–Trinajstić information content (AvgIpc) is 1.94. The summed E-state index contributed by atoms with van der Waals surface area (Å²) in [6.07, 6.45) is 0.341. The highest BCUT2D eigenvalue weighted by Crippen LogP contribution is 2.29. The highest BCUT2D eigenvalue weighted by Gasteiger charge is 2.35. The number of hydrogen-bond donors (Lipinski definition) is 0. The lowest BCUT2D eigenvalue weighted by molar-refractivity contribution is -0.298. The van der Waals surface area contributed by atoms with Gasteiger partial charge in [0.2, 0.25) is 0 Å². The maximum absolute atomic E-state index is 5.83. The molecule has 0 saturated carbocycles. The monoisotopic (exact) mass is 172 g/mol. The fourth-order valence-corrected chi connectivity index (χ4v) is 1.70. The predicted molar refractivity (Wildman–Crippen MR) is 48.9 cm³/mol. The van der Waals surface area contributed by atoms with Crippen molar-refractivity contribution in [1.29, 1.82) is 0 Å². The average molecular weight is 172 g/mol. The van der Waals surface area contributed by atoms with Crippen molar-refractivity contribution in [1.82, 2.24) is 0 Å². The summed E-state index contributed by atoms with van der Waals surface area (Å²) in [7, 11) is 0. The summed E-state index contributed by atoms with van der Waals surface area (Å²) in [6.45, 7) is 11.4. The molecule has 2 nitrogen and oxygen atoms in total. The number of rotatable bonds is 1. The first-order valence-electron chi connectivity index (χ1n) is 4.74. The van der Waals surface area contributed by atoms with Gasteiger partial charge in [-0.15, -0.1) is 0 Å². The predicted octanol–water partition coefficient (Wildman–Crippen LogP) is 2.43. The molecule has 0 bridgehead atoms. The minimum absolute atomic E-state index is 0.341. The zero-order valence-electron chi connectivity index (χ0n) is 8.76. The second kappa shape index (κ2) is 3.35. The van der Waals surface area contributed by atoms with Crippen LogP contribution in [0.4, 0.5) is 0 Å². The van der Waals surface area contributed by atoms with Gasteiger partial charge in [-0.1, -0.05) is 20.8 Å². The van der Waals surface area contributed by atoms with Crippen LogP contribution in [0, 0.1) is 11.8 Å². The third kappa shape index (κ3) is 2.20. The summed E-state index contributed by atoms with van der Waals surface area (Å²) in [5.74, 6) is 0.697. The van der Waals surface area contributed by atoms with Crippen molar-refractivity contribution >= 4 is 0 Å². The van der Waals surface area contributed by atoms with E-state index in [9.17, 15) is 0 Å². The molecule has 12 heavy (non-hydrogen) atoms. The van der Waals surface area contributed by atoms with E-state index < -0.39 is 0 Å². The van der Waals surface area contributed by atoms with Crippen LogP contribution in [0.15, 0.2) is 0 Å². The lowest BCUT2D eigenvalue weighted by Crippen LogP contribution is -2.46. The Morgan fingerprint density at radius 3 is 2.33 bits per heavy atom. The first kappa shape index (κ1) is 10.0. The number of hydrogen-bond acceptors (Lipinski definition) is 2. The lowest BCUT2D eigenvalue weighted by Gasteiger charge is -2.41. The molecule has 2 heteroatoms. The Bertz CT molecular complexity index is 152. The molecule has 1 fully saturated rings. The summed E-state index contributed by atoms with van der Waals surface area (Å²) < 4.78 is 11.4. The molecule has 1 aliphatic heterocycles. The largest absolute Gasteiger partial charge is 0.350 e. The van der Waals surface area contributed by atoms with Crippen LogP contribution in [0.5, 0.6) is 0 Å². The minimum atomic E-state index is -0.387. The van der Waals surface area contributed by atoms with Crippen LogP contribution < -0.4 is 0 Å². The van der Waals surface area contributed by atoms with Crippen molar-refractivity contribution in [3.05, 3.63) is 0 Å². The van der Waals surface area contributed by atoms with Crippen LogP contribution in [0.3, 0.4) is 0 Å². The van der Waals surface area contributed by atoms with Crippen LogP contribution in [0.2, 0.25) is 0 Å². The van der Waals surface area contributed by atoms with E-state index in [-0.39, 0.29) is 5.79 Å². The van der Waals surface area contributed by atoms with Gasteiger partial charge in [-0.05, 0) is 19.8 Å². The van der Waals surface area contributed by atoms with E-state index in [0.29, 0.717) is 17.9 Å². The Kier molecular flexibility index (Phi) is 2.79. The highest BCUT2D eigenvalue weighted by molar-refractivity contribution is 4.76. The zero-order valence-corrected chi connectivity index (χ0v) is 8.76. The summed E-state index contributed by atoms with van der Waals surface area (Å²) in [4.78, 5) is 0. The quantitative estimate of drug-likeness (QED) is 0.604. The first-order valence-corrected chi connectivity index (χ1v) is 4.74. The van der Waals surface area contributed by atoms with Crippen LogP contribution in [0.25, 0.3) is 0 Å². The van der Waals surface area contributed by atoms with Crippen molar-refractivity contribution in [3.63, 3.8) is 0 Å². The Morgan fingerprint density at radius 2 is 1.92 bits per heavy atom. The SMILES string of the molecule is CC(C)[C@@H]1OC(C)(C)OC[C@@H]1C. The third-order valence-corrected chi connectivity index (χ3v) is 2.33. The smallest absolute Gasteiger partial charge is 0.163 e. The van der Waals surface area contributed by atoms with Crippen LogP contribution in [-0.4, -0.2) is 18.5 Å². The molecule has 0 unspecified atom stereocenters. The van der Waals surface area contributed by atoms with Gasteiger partial charge in [-0.2, -0.15) is 0 Å². The van der Waals surface area contributed by atoms with E-state index in [4.69, 9.17) is 9.47 Å². The summed E-state index contributed by atoms with van der Waals surface area (Å²) in [5.41, 5.74) is 0. The van der Waals surface area contributed by atoms with E-state index in [0.717, 1.165) is 6.61 Å². The molecule has 0 spiro atoms. The van der Waals surface area contributed by atoms with Gasteiger partial charge in [-0.25, -0.2) is 0 Å². The highest BCUT2D eigenvalue weighted by atomic mass is 16.7. The second-order valence-corrected chi connectivity index (χ2v) is 4.51. The Balaban J connectivity index is 2.59. The van der Waals surface area contributed by atoms with Crippen molar-refractivity contribution in [2.45, 2.75) is 46.5 Å². The van der Waals surface area contributed by atoms with Crippen molar-refractivity contribution < 1.29 is 9.47 Å². The molecule has 0 aromatic heterocycles. The van der Waals surface area contributed by atoms with Gasteiger partial charge >= 0.3 is 0 Å². The fourth-order valence-electron chi connectivity index (χ4n) is 1.70. The molecule has 1 rings (SSSR count). The van der Waals surface area contributed by atoms with E-state index in [1.807, 2.05) is 13.8 Å². The third-order valence-electron chi connectivity index (χ3n) is 2.33. The van der Waals surface area contributed by atoms with E-state index in [1.165, 1.54) is 0 Å². The van der Waals surface area contributed by atoms with Gasteiger partial charge in [0.25, 0.3) is 0 Å². The molecule has 2 atom stereocenters. The fraction of sp³-hybridized carbons (Fsp3) is 1.00. The van der Waals surface area contributed by atoms with Gasteiger partial charge in [0.1, 0.15) is 0 Å². The molecule has 0 aliphatic carbocycles. The van der Waals surface area contributed by atoms with E-state index >= 15 is 0 Å². The van der Waals surface area contributed by atoms with Crippen LogP contribution >= 0.6 is 0 Å². The van der Waals surface area contributed by atoms with Gasteiger partial charge in [0.05, 0.1) is 12.7 Å². The molecular weight excluding hydrogens is 152 g/mol. The molecule has 0 aromatic rings. The molecule has 0 radical (unpaired) electrons. The van der Waals surface area contributed by atoms with Crippen molar-refractivity contribution in [2.24, 2.45) is 11.8 Å². The first-order chi connectivity index (χ1) is 5.42. The Morgan fingerprint density at radius 1 is 1.33 bits per heavy atom. The van der Waals surface area contributed by atoms with Crippen molar-refractivity contribution in [3.8, 4) is 0 Å². The van der Waals surface area contributed by atoms with E-state index in [1.54, 1.807) is 0 Å². The summed E-state index contributed by atoms with van der Waals surface area (Å²) >= 11 is 0. The normalized spacial score (nSPS) is 35.5. The molecule has 0 aromatic carbocycles. The molecular formula is C10H20O2. The van der Waals surface area contributed by atoms with Gasteiger partial charge in [0.15, 0.2) is 5.79 Å². The maximum Gasteiger partial charge on any atom is 0.163 e. The minimum Gasteiger partial charge on any atom is -0.350 e. The van der Waals surface area contributed by atoms with Crippen molar-refractivity contribution in [2.75, 3.05) is 6.61 Å². The molecule has 72 valence electrons. The summed E-state index contributed by atoms with van der Waals surface area (Å²) in [5, 5.41) is 0. The molecule has 0 N–H and O–H groups in total. The van der Waals surface area contributed by atoms with Crippen LogP contribution in [0.1, 0.15) is 34.6 Å². The van der Waals surface area contributed by atoms with Gasteiger partial charge in [0, 0.05) is 5.92 Å². The maximum atomic E-state index is 5.83. The lowest BCUT2D eigenvalue weighted by atomic mass is 9.94. The Labute approximate surface area is 75.2 Å². The molecule has 1 aliphatic rings. The van der Waals surface area contributed by atoms with E-state index in [2.05, 4.69) is 20.8 Å². The standard InChI is InChI=1S/C10H20O2/c1-7(2)9-8(3)6-11-10(4,5)12-9/h7-9H,6H2,1-5H3/t8-,9-/m0/s1. The molecule has 0 amide bonds. The molecule has 1 saturated heterocycles.